The van der Waals surface area contributed by atoms with Gasteiger partial charge in [-0.1, -0.05) is 37.8 Å². The fraction of sp³-hybridized carbons (Fsp3) is 0.381. The second-order valence-electron chi connectivity index (χ2n) is 6.19. The average Bonchev–Trinajstić information content (AvgIpc) is 2.60. The van der Waals surface area contributed by atoms with Gasteiger partial charge in [-0.2, -0.15) is 0 Å². The number of halogens is 1. The topological polar surface area (TPSA) is 35.5 Å². The zero-order chi connectivity index (χ0) is 18.2. The fourth-order valence-electron chi connectivity index (χ4n) is 2.54. The standard InChI is InChI=1S/C21H25ClO3/c1-4-5-6-7-12-24-18-10-8-17(9-11-18)21(23)25-19-13-15(2)20(22)16(3)14-19/h8-11,13-14H,4-7,12H2,1-3H3. The van der Waals surface area contributed by atoms with Crippen molar-refractivity contribution in [1.29, 1.82) is 0 Å². The number of aryl methyl sites for hydroxylation is 2. The summed E-state index contributed by atoms with van der Waals surface area (Å²) < 4.78 is 11.1. The van der Waals surface area contributed by atoms with Crippen molar-refractivity contribution in [2.75, 3.05) is 6.61 Å². The molecule has 0 amide bonds. The van der Waals surface area contributed by atoms with Gasteiger partial charge in [0.2, 0.25) is 0 Å². The van der Waals surface area contributed by atoms with Gasteiger partial charge < -0.3 is 9.47 Å². The first-order valence-corrected chi connectivity index (χ1v) is 9.11. The largest absolute Gasteiger partial charge is 0.494 e. The van der Waals surface area contributed by atoms with E-state index >= 15 is 0 Å². The molecule has 0 bridgehead atoms. The Labute approximate surface area is 154 Å². The maximum atomic E-state index is 12.3. The van der Waals surface area contributed by atoms with Crippen LogP contribution in [0.15, 0.2) is 36.4 Å². The van der Waals surface area contributed by atoms with Crippen LogP contribution in [0.4, 0.5) is 0 Å². The van der Waals surface area contributed by atoms with E-state index < -0.39 is 5.97 Å². The summed E-state index contributed by atoms with van der Waals surface area (Å²) in [4.78, 5) is 12.3. The second-order valence-corrected chi connectivity index (χ2v) is 6.57. The molecule has 0 fully saturated rings. The number of carbonyl (C=O) groups is 1. The van der Waals surface area contributed by atoms with E-state index in [1.165, 1.54) is 19.3 Å². The van der Waals surface area contributed by atoms with Gasteiger partial charge in [0.05, 0.1) is 12.2 Å². The van der Waals surface area contributed by atoms with E-state index in [1.54, 1.807) is 36.4 Å². The number of rotatable bonds is 8. The van der Waals surface area contributed by atoms with Gasteiger partial charge in [0.1, 0.15) is 11.5 Å². The maximum Gasteiger partial charge on any atom is 0.343 e. The number of hydrogen-bond acceptors (Lipinski definition) is 3. The van der Waals surface area contributed by atoms with Crippen molar-refractivity contribution >= 4 is 17.6 Å². The monoisotopic (exact) mass is 360 g/mol. The van der Waals surface area contributed by atoms with Crippen LogP contribution in [0.25, 0.3) is 0 Å². The van der Waals surface area contributed by atoms with Crippen LogP contribution in [0, 0.1) is 13.8 Å². The first-order chi connectivity index (χ1) is 12.0. The summed E-state index contributed by atoms with van der Waals surface area (Å²) >= 11 is 6.14. The van der Waals surface area contributed by atoms with Crippen LogP contribution in [0.2, 0.25) is 5.02 Å². The molecule has 0 aliphatic carbocycles. The van der Waals surface area contributed by atoms with Crippen LogP contribution < -0.4 is 9.47 Å². The van der Waals surface area contributed by atoms with Crippen molar-refractivity contribution in [2.45, 2.75) is 46.5 Å². The van der Waals surface area contributed by atoms with E-state index in [9.17, 15) is 4.79 Å². The molecule has 0 unspecified atom stereocenters. The number of carbonyl (C=O) groups excluding carboxylic acids is 1. The van der Waals surface area contributed by atoms with Gasteiger partial charge in [-0.3, -0.25) is 0 Å². The zero-order valence-corrected chi connectivity index (χ0v) is 15.9. The molecule has 0 heterocycles. The van der Waals surface area contributed by atoms with E-state index in [4.69, 9.17) is 21.1 Å². The van der Waals surface area contributed by atoms with Crippen LogP contribution in [-0.4, -0.2) is 12.6 Å². The lowest BCUT2D eigenvalue weighted by molar-refractivity contribution is 0.0734. The normalized spacial score (nSPS) is 10.6. The Morgan fingerprint density at radius 3 is 2.20 bits per heavy atom. The molecular weight excluding hydrogens is 336 g/mol. The number of ether oxygens (including phenoxy) is 2. The summed E-state index contributed by atoms with van der Waals surface area (Å²) in [5.41, 5.74) is 2.26. The number of esters is 1. The predicted molar refractivity (Wildman–Crippen MR) is 102 cm³/mol. The average molecular weight is 361 g/mol. The van der Waals surface area contributed by atoms with Crippen molar-refractivity contribution in [3.05, 3.63) is 58.1 Å². The van der Waals surface area contributed by atoms with E-state index in [0.29, 0.717) is 22.9 Å². The second kappa shape index (κ2) is 9.47. The molecule has 25 heavy (non-hydrogen) atoms. The molecular formula is C21H25ClO3. The van der Waals surface area contributed by atoms with Gasteiger partial charge in [0, 0.05) is 5.02 Å². The highest BCUT2D eigenvalue weighted by molar-refractivity contribution is 6.32. The van der Waals surface area contributed by atoms with Crippen LogP contribution in [0.5, 0.6) is 11.5 Å². The van der Waals surface area contributed by atoms with Crippen molar-refractivity contribution < 1.29 is 14.3 Å². The first kappa shape index (κ1) is 19.3. The molecule has 4 heteroatoms. The lowest BCUT2D eigenvalue weighted by Gasteiger charge is -2.09. The van der Waals surface area contributed by atoms with Crippen molar-refractivity contribution in [1.82, 2.24) is 0 Å². The number of hydrogen-bond donors (Lipinski definition) is 0. The first-order valence-electron chi connectivity index (χ1n) is 8.73. The Morgan fingerprint density at radius 1 is 0.960 bits per heavy atom. The SMILES string of the molecule is CCCCCCOc1ccc(C(=O)Oc2cc(C)c(Cl)c(C)c2)cc1. The van der Waals surface area contributed by atoms with Gasteiger partial charge in [0.25, 0.3) is 0 Å². The molecule has 2 aromatic rings. The lowest BCUT2D eigenvalue weighted by atomic mass is 10.1. The highest BCUT2D eigenvalue weighted by Gasteiger charge is 2.11. The highest BCUT2D eigenvalue weighted by Crippen LogP contribution is 2.26. The predicted octanol–water partition coefficient (Wildman–Crippen LogP) is 6.14. The Hall–Kier alpha value is -2.00. The molecule has 0 aliphatic rings. The van der Waals surface area contributed by atoms with E-state index in [1.807, 2.05) is 13.8 Å². The zero-order valence-electron chi connectivity index (χ0n) is 15.1. The molecule has 0 radical (unpaired) electrons. The van der Waals surface area contributed by atoms with Gasteiger partial charge >= 0.3 is 5.97 Å². The minimum atomic E-state index is -0.393. The minimum absolute atomic E-state index is 0.393. The van der Waals surface area contributed by atoms with Crippen molar-refractivity contribution in [2.24, 2.45) is 0 Å². The molecule has 0 N–H and O–H groups in total. The summed E-state index contributed by atoms with van der Waals surface area (Å²) in [6.45, 7) is 6.66. The summed E-state index contributed by atoms with van der Waals surface area (Å²) in [6, 6.07) is 10.6. The van der Waals surface area contributed by atoms with E-state index in [2.05, 4.69) is 6.92 Å². The van der Waals surface area contributed by atoms with Crippen LogP contribution in [0.1, 0.15) is 54.1 Å². The molecule has 0 aromatic heterocycles. The Balaban J connectivity index is 1.92. The Morgan fingerprint density at radius 2 is 1.60 bits per heavy atom. The molecule has 2 aromatic carbocycles. The molecule has 2 rings (SSSR count). The molecule has 0 atom stereocenters. The van der Waals surface area contributed by atoms with Gasteiger partial charge in [0.15, 0.2) is 0 Å². The maximum absolute atomic E-state index is 12.3. The summed E-state index contributed by atoms with van der Waals surface area (Å²) in [5, 5.41) is 0.695. The number of benzene rings is 2. The summed E-state index contributed by atoms with van der Waals surface area (Å²) in [6.07, 6.45) is 4.68. The van der Waals surface area contributed by atoms with E-state index in [0.717, 1.165) is 23.3 Å². The highest BCUT2D eigenvalue weighted by atomic mass is 35.5. The van der Waals surface area contributed by atoms with Gasteiger partial charge in [-0.15, -0.1) is 0 Å². The van der Waals surface area contributed by atoms with Crippen molar-refractivity contribution in [3.8, 4) is 11.5 Å². The van der Waals surface area contributed by atoms with Crippen LogP contribution >= 0.6 is 11.6 Å². The number of unbranched alkanes of at least 4 members (excludes halogenated alkanes) is 3. The third kappa shape index (κ3) is 5.79. The Bertz CT molecular complexity index is 685. The quantitative estimate of drug-likeness (QED) is 0.322. The van der Waals surface area contributed by atoms with Crippen LogP contribution in [0.3, 0.4) is 0 Å². The molecule has 0 saturated heterocycles. The summed E-state index contributed by atoms with van der Waals surface area (Å²) in [5.74, 6) is 0.877. The molecule has 0 spiro atoms. The third-order valence-corrected chi connectivity index (χ3v) is 4.57. The Kier molecular flexibility index (Phi) is 7.32. The minimum Gasteiger partial charge on any atom is -0.494 e. The fourth-order valence-corrected chi connectivity index (χ4v) is 2.65. The van der Waals surface area contributed by atoms with Gasteiger partial charge in [-0.05, 0) is 67.8 Å². The smallest absolute Gasteiger partial charge is 0.343 e. The molecule has 0 aliphatic heterocycles. The van der Waals surface area contributed by atoms with Crippen molar-refractivity contribution in [3.63, 3.8) is 0 Å². The molecule has 3 nitrogen and oxygen atoms in total. The third-order valence-electron chi connectivity index (χ3n) is 3.98. The summed E-state index contributed by atoms with van der Waals surface area (Å²) in [7, 11) is 0. The van der Waals surface area contributed by atoms with Gasteiger partial charge in [-0.25, -0.2) is 4.79 Å². The van der Waals surface area contributed by atoms with E-state index in [-0.39, 0.29) is 0 Å². The molecule has 134 valence electrons. The van der Waals surface area contributed by atoms with Crippen LogP contribution in [-0.2, 0) is 0 Å². The lowest BCUT2D eigenvalue weighted by Crippen LogP contribution is -2.09. The molecule has 0 saturated carbocycles.